The van der Waals surface area contributed by atoms with E-state index in [9.17, 15) is 14.4 Å². The van der Waals surface area contributed by atoms with Gasteiger partial charge in [0, 0.05) is 18.1 Å². The Balaban J connectivity index is 1.63. The molecule has 3 amide bonds. The van der Waals surface area contributed by atoms with Gasteiger partial charge in [0.25, 0.3) is 11.8 Å². The van der Waals surface area contributed by atoms with Crippen LogP contribution >= 0.6 is 0 Å². The van der Waals surface area contributed by atoms with E-state index < -0.39 is 0 Å². The van der Waals surface area contributed by atoms with E-state index >= 15 is 0 Å². The number of ether oxygens (including phenoxy) is 1. The molecule has 146 valence electrons. The van der Waals surface area contributed by atoms with Crippen LogP contribution < -0.4 is 0 Å². The zero-order chi connectivity index (χ0) is 19.8. The van der Waals surface area contributed by atoms with Crippen LogP contribution in [0.4, 0.5) is 4.79 Å². The lowest BCUT2D eigenvalue weighted by Gasteiger charge is -2.43. The van der Waals surface area contributed by atoms with Crippen molar-refractivity contribution in [1.29, 1.82) is 0 Å². The summed E-state index contributed by atoms with van der Waals surface area (Å²) >= 11 is 0. The highest BCUT2D eigenvalue weighted by molar-refractivity contribution is 6.21. The maximum Gasteiger partial charge on any atom is 0.410 e. The van der Waals surface area contributed by atoms with Gasteiger partial charge in [-0.05, 0) is 64.5 Å². The van der Waals surface area contributed by atoms with Crippen molar-refractivity contribution in [1.82, 2.24) is 9.80 Å². The smallest absolute Gasteiger partial charge is 0.410 e. The van der Waals surface area contributed by atoms with Crippen LogP contribution in [-0.2, 0) is 4.74 Å². The molecule has 1 saturated carbocycles. The average Bonchev–Trinajstić information content (AvgIpc) is 2.87. The first-order chi connectivity index (χ1) is 12.7. The minimum Gasteiger partial charge on any atom is -0.453 e. The molecule has 0 N–H and O–H groups in total. The molecule has 1 aliphatic carbocycles. The number of fused-ring (bicyclic) bond motifs is 1. The van der Waals surface area contributed by atoms with E-state index in [-0.39, 0.29) is 35.4 Å². The molecular formula is C21H28N2O4. The lowest BCUT2D eigenvalue weighted by atomic mass is 9.83. The van der Waals surface area contributed by atoms with E-state index in [2.05, 4.69) is 0 Å². The fourth-order valence-corrected chi connectivity index (χ4v) is 4.32. The molecule has 1 heterocycles. The zero-order valence-electron chi connectivity index (χ0n) is 16.5. The molecule has 6 nitrogen and oxygen atoms in total. The van der Waals surface area contributed by atoms with E-state index in [1.807, 2.05) is 25.7 Å². The van der Waals surface area contributed by atoms with Crippen LogP contribution in [0.15, 0.2) is 24.3 Å². The first-order valence-corrected chi connectivity index (χ1v) is 9.56. The highest BCUT2D eigenvalue weighted by Crippen LogP contribution is 2.33. The maximum atomic E-state index is 12.5. The monoisotopic (exact) mass is 372 g/mol. The van der Waals surface area contributed by atoms with Crippen LogP contribution in [0.3, 0.4) is 0 Å². The normalized spacial score (nSPS) is 22.6. The highest BCUT2D eigenvalue weighted by Gasteiger charge is 2.39. The molecule has 1 aromatic carbocycles. The van der Waals surface area contributed by atoms with Gasteiger partial charge in [-0.3, -0.25) is 14.5 Å². The van der Waals surface area contributed by atoms with Crippen LogP contribution in [0.5, 0.6) is 0 Å². The van der Waals surface area contributed by atoms with E-state index in [4.69, 9.17) is 4.74 Å². The second kappa shape index (κ2) is 7.33. The third-order valence-corrected chi connectivity index (χ3v) is 5.59. The van der Waals surface area contributed by atoms with Crippen LogP contribution in [0.25, 0.3) is 0 Å². The largest absolute Gasteiger partial charge is 0.453 e. The molecule has 1 fully saturated rings. The quantitative estimate of drug-likeness (QED) is 0.759. The molecule has 3 rings (SSSR count). The Morgan fingerprint density at radius 2 is 1.59 bits per heavy atom. The molecule has 2 aliphatic rings. The Labute approximate surface area is 160 Å². The third kappa shape index (κ3) is 3.70. The number of methoxy groups -OCH3 is 1. The second-order valence-electron chi connectivity index (χ2n) is 8.45. The van der Waals surface area contributed by atoms with E-state index in [0.29, 0.717) is 17.7 Å². The van der Waals surface area contributed by atoms with Crippen LogP contribution in [0, 0.1) is 5.92 Å². The van der Waals surface area contributed by atoms with Gasteiger partial charge >= 0.3 is 6.09 Å². The fourth-order valence-electron chi connectivity index (χ4n) is 4.32. The number of benzene rings is 1. The summed E-state index contributed by atoms with van der Waals surface area (Å²) in [5, 5.41) is 0. The highest BCUT2D eigenvalue weighted by atomic mass is 16.5. The van der Waals surface area contributed by atoms with Crippen molar-refractivity contribution in [3.8, 4) is 0 Å². The number of imide groups is 1. The van der Waals surface area contributed by atoms with Gasteiger partial charge in [0.2, 0.25) is 0 Å². The Morgan fingerprint density at radius 3 is 2.04 bits per heavy atom. The lowest BCUT2D eigenvalue weighted by molar-refractivity contribution is 0.0363. The number of carbonyl (C=O) groups is 3. The molecule has 0 unspecified atom stereocenters. The van der Waals surface area contributed by atoms with Crippen molar-refractivity contribution >= 4 is 17.9 Å². The van der Waals surface area contributed by atoms with Gasteiger partial charge < -0.3 is 9.64 Å². The third-order valence-electron chi connectivity index (χ3n) is 5.59. The molecule has 0 aromatic heterocycles. The Bertz CT molecular complexity index is 710. The minimum atomic E-state index is -0.312. The topological polar surface area (TPSA) is 66.9 Å². The van der Waals surface area contributed by atoms with Crippen LogP contribution in [-0.4, -0.2) is 52.9 Å². The number of hydrogen-bond acceptors (Lipinski definition) is 4. The molecule has 0 bridgehead atoms. The summed E-state index contributed by atoms with van der Waals surface area (Å²) in [5.74, 6) is -0.116. The lowest BCUT2D eigenvalue weighted by Crippen LogP contribution is -2.53. The minimum absolute atomic E-state index is 0.121. The summed E-state index contributed by atoms with van der Waals surface area (Å²) in [4.78, 5) is 40.5. The number of carbonyl (C=O) groups excluding carboxylic acids is 3. The van der Waals surface area contributed by atoms with Gasteiger partial charge in [0.1, 0.15) is 0 Å². The predicted molar refractivity (Wildman–Crippen MR) is 102 cm³/mol. The van der Waals surface area contributed by atoms with Gasteiger partial charge in [-0.15, -0.1) is 0 Å². The molecular weight excluding hydrogens is 344 g/mol. The SMILES string of the molecule is COC(=O)N(C1CCC(CN2C(=O)c3ccccc3C2=O)CC1)C(C)(C)C. The predicted octanol–water partition coefficient (Wildman–Crippen LogP) is 3.71. The van der Waals surface area contributed by atoms with Crippen molar-refractivity contribution in [2.24, 2.45) is 5.92 Å². The summed E-state index contributed by atoms with van der Waals surface area (Å²) in [7, 11) is 1.41. The van der Waals surface area contributed by atoms with E-state index in [0.717, 1.165) is 25.7 Å². The Hall–Kier alpha value is -2.37. The maximum absolute atomic E-state index is 12.5. The van der Waals surface area contributed by atoms with Gasteiger partial charge in [0.05, 0.1) is 18.2 Å². The van der Waals surface area contributed by atoms with E-state index in [1.54, 1.807) is 24.3 Å². The molecule has 0 saturated heterocycles. The number of hydrogen-bond donors (Lipinski definition) is 0. The number of rotatable bonds is 3. The summed E-state index contributed by atoms with van der Waals surface area (Å²) in [5.41, 5.74) is 0.689. The molecule has 27 heavy (non-hydrogen) atoms. The molecule has 0 radical (unpaired) electrons. The van der Waals surface area contributed by atoms with E-state index in [1.165, 1.54) is 12.0 Å². The van der Waals surface area contributed by atoms with Crippen molar-refractivity contribution < 1.29 is 19.1 Å². The van der Waals surface area contributed by atoms with Crippen LogP contribution in [0.1, 0.15) is 67.2 Å². The molecule has 0 atom stereocenters. The standard InChI is InChI=1S/C21H28N2O4/c1-21(2,3)23(20(26)27-4)15-11-9-14(10-12-15)13-22-18(24)16-7-5-6-8-17(16)19(22)25/h5-8,14-15H,9-13H2,1-4H3. The summed E-state index contributed by atoms with van der Waals surface area (Å²) in [6.07, 6.45) is 3.15. The van der Waals surface area contributed by atoms with Crippen molar-refractivity contribution in [2.75, 3.05) is 13.7 Å². The van der Waals surface area contributed by atoms with Gasteiger partial charge in [-0.25, -0.2) is 4.79 Å². The van der Waals surface area contributed by atoms with Gasteiger partial charge in [-0.2, -0.15) is 0 Å². The molecule has 1 aliphatic heterocycles. The average molecular weight is 372 g/mol. The second-order valence-corrected chi connectivity index (χ2v) is 8.45. The molecule has 1 aromatic rings. The Kier molecular flexibility index (Phi) is 5.27. The molecule has 0 spiro atoms. The van der Waals surface area contributed by atoms with Crippen molar-refractivity contribution in [2.45, 2.75) is 58.0 Å². The van der Waals surface area contributed by atoms with Crippen molar-refractivity contribution in [3.05, 3.63) is 35.4 Å². The summed E-state index contributed by atoms with van der Waals surface area (Å²) in [6, 6.07) is 7.11. The number of nitrogens with zero attached hydrogens (tertiary/aromatic N) is 2. The van der Waals surface area contributed by atoms with Gasteiger partial charge in [0.15, 0.2) is 0 Å². The number of amides is 3. The fraction of sp³-hybridized carbons (Fsp3) is 0.571. The zero-order valence-corrected chi connectivity index (χ0v) is 16.5. The first kappa shape index (κ1) is 19.4. The first-order valence-electron chi connectivity index (χ1n) is 9.56. The van der Waals surface area contributed by atoms with Crippen molar-refractivity contribution in [3.63, 3.8) is 0 Å². The van der Waals surface area contributed by atoms with Gasteiger partial charge in [-0.1, -0.05) is 12.1 Å². The molecule has 6 heteroatoms. The Morgan fingerprint density at radius 1 is 1.07 bits per heavy atom. The summed E-state index contributed by atoms with van der Waals surface area (Å²) < 4.78 is 4.98. The summed E-state index contributed by atoms with van der Waals surface area (Å²) in [6.45, 7) is 6.48. The van der Waals surface area contributed by atoms with Crippen LogP contribution in [0.2, 0.25) is 0 Å².